The lowest BCUT2D eigenvalue weighted by Gasteiger charge is -2.43. The summed E-state index contributed by atoms with van der Waals surface area (Å²) in [6.45, 7) is 5.59. The molecule has 1 aliphatic carbocycles. The first-order valence-corrected chi connectivity index (χ1v) is 7.51. The molecule has 1 aromatic rings. The van der Waals surface area contributed by atoms with Crippen LogP contribution in [0.25, 0.3) is 0 Å². The van der Waals surface area contributed by atoms with Gasteiger partial charge >= 0.3 is 0 Å². The van der Waals surface area contributed by atoms with Gasteiger partial charge in [-0.15, -0.1) is 0 Å². The average Bonchev–Trinajstić information content (AvgIpc) is 2.42. The number of hydrogen-bond acceptors (Lipinski definition) is 3. The fourth-order valence-corrected chi connectivity index (χ4v) is 3.27. The Kier molecular flexibility index (Phi) is 4.71. The molecule has 0 amide bonds. The summed E-state index contributed by atoms with van der Waals surface area (Å²) in [5, 5.41) is 0. The lowest BCUT2D eigenvalue weighted by Crippen LogP contribution is -2.51. The highest BCUT2D eigenvalue weighted by Crippen LogP contribution is 2.37. The van der Waals surface area contributed by atoms with Crippen LogP contribution in [0.2, 0.25) is 0 Å². The minimum atomic E-state index is 0.280. The van der Waals surface area contributed by atoms with E-state index < -0.39 is 0 Å². The minimum Gasteiger partial charge on any atom is -0.496 e. The molecule has 1 aromatic carbocycles. The minimum absolute atomic E-state index is 0.280. The van der Waals surface area contributed by atoms with E-state index >= 15 is 0 Å². The number of nitrogens with zero attached hydrogens (tertiary/aromatic N) is 1. The zero-order valence-corrected chi connectivity index (χ0v) is 13.2. The Bertz CT molecular complexity index is 444. The van der Waals surface area contributed by atoms with Crippen molar-refractivity contribution in [3.8, 4) is 5.75 Å². The molecule has 0 aromatic heterocycles. The second-order valence-corrected chi connectivity index (χ2v) is 6.87. The van der Waals surface area contributed by atoms with Gasteiger partial charge in [-0.2, -0.15) is 0 Å². The van der Waals surface area contributed by atoms with E-state index in [1.165, 1.54) is 18.4 Å². The van der Waals surface area contributed by atoms with E-state index in [1.807, 2.05) is 12.1 Å². The Morgan fingerprint density at radius 3 is 2.75 bits per heavy atom. The lowest BCUT2D eigenvalue weighted by atomic mass is 9.72. The summed E-state index contributed by atoms with van der Waals surface area (Å²) >= 11 is 0. The zero-order chi connectivity index (χ0) is 14.8. The molecule has 2 N–H and O–H groups in total. The van der Waals surface area contributed by atoms with Crippen LogP contribution in [0.15, 0.2) is 24.3 Å². The summed E-state index contributed by atoms with van der Waals surface area (Å²) in [6.07, 6.45) is 3.51. The molecule has 3 nitrogen and oxygen atoms in total. The van der Waals surface area contributed by atoms with E-state index in [1.54, 1.807) is 7.11 Å². The first-order chi connectivity index (χ1) is 9.43. The third kappa shape index (κ3) is 3.53. The van der Waals surface area contributed by atoms with Crippen LogP contribution in [0.1, 0.15) is 38.7 Å². The molecule has 0 aliphatic heterocycles. The fraction of sp³-hybridized carbons (Fsp3) is 0.647. The van der Waals surface area contributed by atoms with Crippen molar-refractivity contribution in [3.05, 3.63) is 29.8 Å². The summed E-state index contributed by atoms with van der Waals surface area (Å²) in [6, 6.07) is 8.96. The van der Waals surface area contributed by atoms with Crippen LogP contribution in [-0.4, -0.2) is 31.1 Å². The van der Waals surface area contributed by atoms with Crippen molar-refractivity contribution < 1.29 is 4.74 Å². The number of benzene rings is 1. The number of methoxy groups -OCH3 is 1. The smallest absolute Gasteiger partial charge is 0.123 e. The molecular formula is C17H28N2O. The molecule has 1 aliphatic rings. The van der Waals surface area contributed by atoms with Crippen LogP contribution >= 0.6 is 0 Å². The van der Waals surface area contributed by atoms with Gasteiger partial charge in [0.15, 0.2) is 0 Å². The Balaban J connectivity index is 2.08. The number of rotatable bonds is 4. The van der Waals surface area contributed by atoms with Gasteiger partial charge in [0.1, 0.15) is 5.75 Å². The van der Waals surface area contributed by atoms with Crippen molar-refractivity contribution in [3.63, 3.8) is 0 Å². The molecule has 0 radical (unpaired) electrons. The van der Waals surface area contributed by atoms with Gasteiger partial charge in [-0.1, -0.05) is 32.0 Å². The third-order valence-corrected chi connectivity index (χ3v) is 4.59. The van der Waals surface area contributed by atoms with Gasteiger partial charge in [-0.3, -0.25) is 4.90 Å². The van der Waals surface area contributed by atoms with Crippen molar-refractivity contribution >= 4 is 0 Å². The third-order valence-electron chi connectivity index (χ3n) is 4.59. The van der Waals surface area contributed by atoms with Crippen molar-refractivity contribution in [1.82, 2.24) is 4.90 Å². The summed E-state index contributed by atoms with van der Waals surface area (Å²) in [4.78, 5) is 2.39. The largest absolute Gasteiger partial charge is 0.496 e. The van der Waals surface area contributed by atoms with Crippen LogP contribution in [0.3, 0.4) is 0 Å². The zero-order valence-electron chi connectivity index (χ0n) is 13.2. The van der Waals surface area contributed by atoms with E-state index in [-0.39, 0.29) is 6.04 Å². The summed E-state index contributed by atoms with van der Waals surface area (Å²) in [5.41, 5.74) is 7.98. The molecule has 20 heavy (non-hydrogen) atoms. The highest BCUT2D eigenvalue weighted by Gasteiger charge is 2.35. The van der Waals surface area contributed by atoms with Gasteiger partial charge < -0.3 is 10.5 Å². The quantitative estimate of drug-likeness (QED) is 0.918. The molecule has 2 unspecified atom stereocenters. The summed E-state index contributed by atoms with van der Waals surface area (Å²) < 4.78 is 5.44. The lowest BCUT2D eigenvalue weighted by molar-refractivity contribution is 0.0911. The Hall–Kier alpha value is -1.06. The first-order valence-electron chi connectivity index (χ1n) is 7.51. The van der Waals surface area contributed by atoms with Gasteiger partial charge in [-0.25, -0.2) is 0 Å². The van der Waals surface area contributed by atoms with Crippen LogP contribution in [0.4, 0.5) is 0 Å². The Labute approximate surface area is 123 Å². The molecular weight excluding hydrogens is 248 g/mol. The molecule has 2 atom stereocenters. The number of likely N-dealkylation sites (N-methyl/N-ethyl adjacent to an activating group) is 1. The second kappa shape index (κ2) is 6.15. The maximum atomic E-state index is 6.35. The molecule has 0 saturated heterocycles. The number of para-hydroxylation sites is 1. The molecule has 0 bridgehead atoms. The average molecular weight is 276 g/mol. The van der Waals surface area contributed by atoms with Gasteiger partial charge in [0.05, 0.1) is 7.11 Å². The van der Waals surface area contributed by atoms with E-state index in [0.717, 1.165) is 18.7 Å². The molecule has 0 spiro atoms. The molecule has 2 rings (SSSR count). The van der Waals surface area contributed by atoms with E-state index in [9.17, 15) is 0 Å². The number of ether oxygens (including phenoxy) is 1. The monoisotopic (exact) mass is 276 g/mol. The van der Waals surface area contributed by atoms with Gasteiger partial charge in [0, 0.05) is 24.2 Å². The van der Waals surface area contributed by atoms with Crippen LogP contribution in [-0.2, 0) is 6.54 Å². The van der Waals surface area contributed by atoms with Gasteiger partial charge in [-0.05, 0) is 37.8 Å². The van der Waals surface area contributed by atoms with Crippen LogP contribution < -0.4 is 10.5 Å². The number of hydrogen-bond donors (Lipinski definition) is 1. The highest BCUT2D eigenvalue weighted by atomic mass is 16.5. The van der Waals surface area contributed by atoms with Crippen molar-refractivity contribution in [2.24, 2.45) is 11.1 Å². The van der Waals surface area contributed by atoms with Gasteiger partial charge in [0.25, 0.3) is 0 Å². The Morgan fingerprint density at radius 1 is 1.35 bits per heavy atom. The highest BCUT2D eigenvalue weighted by molar-refractivity contribution is 5.33. The topological polar surface area (TPSA) is 38.5 Å². The molecule has 3 heteroatoms. The summed E-state index contributed by atoms with van der Waals surface area (Å²) in [7, 11) is 3.91. The second-order valence-electron chi connectivity index (χ2n) is 6.87. The van der Waals surface area contributed by atoms with Crippen molar-refractivity contribution in [2.75, 3.05) is 14.2 Å². The van der Waals surface area contributed by atoms with E-state index in [2.05, 4.69) is 37.9 Å². The normalized spacial score (nSPS) is 25.7. The maximum Gasteiger partial charge on any atom is 0.123 e. The Morgan fingerprint density at radius 2 is 2.05 bits per heavy atom. The fourth-order valence-electron chi connectivity index (χ4n) is 3.27. The van der Waals surface area contributed by atoms with E-state index in [4.69, 9.17) is 10.5 Å². The molecule has 0 heterocycles. The van der Waals surface area contributed by atoms with Crippen molar-refractivity contribution in [1.29, 1.82) is 0 Å². The molecule has 1 fully saturated rings. The van der Waals surface area contributed by atoms with Gasteiger partial charge in [0.2, 0.25) is 0 Å². The summed E-state index contributed by atoms with van der Waals surface area (Å²) in [5.74, 6) is 0.961. The molecule has 112 valence electrons. The molecule has 1 saturated carbocycles. The first kappa shape index (κ1) is 15.3. The van der Waals surface area contributed by atoms with Crippen molar-refractivity contribution in [2.45, 2.75) is 51.7 Å². The van der Waals surface area contributed by atoms with E-state index in [0.29, 0.717) is 11.5 Å². The number of nitrogens with two attached hydrogens (primary N) is 1. The standard InChI is InChI=1S/C17H28N2O/c1-17(2)10-9-14(18)15(11-17)19(3)12-13-7-5-6-8-16(13)20-4/h5-8,14-15H,9-12,18H2,1-4H3. The maximum absolute atomic E-state index is 6.35. The van der Waals surface area contributed by atoms with Crippen LogP contribution in [0.5, 0.6) is 5.75 Å². The predicted octanol–water partition coefficient (Wildman–Crippen LogP) is 3.03. The predicted molar refractivity (Wildman–Crippen MR) is 83.9 cm³/mol. The van der Waals surface area contributed by atoms with Crippen LogP contribution in [0, 0.1) is 5.41 Å². The SMILES string of the molecule is COc1ccccc1CN(C)C1CC(C)(C)CCC1N.